The van der Waals surface area contributed by atoms with Gasteiger partial charge >= 0.3 is 12.1 Å². The lowest BCUT2D eigenvalue weighted by atomic mass is 9.98. The minimum atomic E-state index is -0.990. The predicted molar refractivity (Wildman–Crippen MR) is 195 cm³/mol. The zero-order valence-electron chi connectivity index (χ0n) is 29.7. The smallest absolute Gasteiger partial charge is 0.407 e. The van der Waals surface area contributed by atoms with E-state index in [1.54, 1.807) is 0 Å². The molecular weight excluding hydrogens is 630 g/mol. The second-order valence-corrected chi connectivity index (χ2v) is 13.4. The van der Waals surface area contributed by atoms with Crippen molar-refractivity contribution in [1.29, 1.82) is 0 Å². The zero-order chi connectivity index (χ0) is 35.7. The van der Waals surface area contributed by atoms with Gasteiger partial charge in [0.2, 0.25) is 11.8 Å². The molecule has 3 N–H and O–H groups in total. The van der Waals surface area contributed by atoms with Crippen LogP contribution in [0.25, 0.3) is 11.1 Å². The van der Waals surface area contributed by atoms with Gasteiger partial charge in [0.15, 0.2) is 0 Å². The quantitative estimate of drug-likeness (QED) is 0.0865. The number of carbonyl (C=O) groups excluding carboxylic acids is 4. The van der Waals surface area contributed by atoms with E-state index in [4.69, 9.17) is 9.47 Å². The molecule has 0 radical (unpaired) electrons. The summed E-state index contributed by atoms with van der Waals surface area (Å²) in [7, 11) is 0. The molecule has 0 fully saturated rings. The fraction of sp³-hybridized carbons (Fsp3) is 0.463. The highest BCUT2D eigenvalue weighted by Crippen LogP contribution is 2.44. The van der Waals surface area contributed by atoms with Crippen molar-refractivity contribution in [3.05, 3.63) is 95.6 Å². The summed E-state index contributed by atoms with van der Waals surface area (Å²) in [5.74, 6) is -1.99. The van der Waals surface area contributed by atoms with E-state index in [1.807, 2.05) is 80.6 Å². The van der Waals surface area contributed by atoms with Gasteiger partial charge < -0.3 is 25.4 Å². The van der Waals surface area contributed by atoms with Crippen molar-refractivity contribution in [1.82, 2.24) is 16.0 Å². The molecule has 0 bridgehead atoms. The van der Waals surface area contributed by atoms with Crippen molar-refractivity contribution in [2.75, 3.05) is 19.8 Å². The summed E-state index contributed by atoms with van der Waals surface area (Å²) in [5, 5.41) is 8.15. The van der Waals surface area contributed by atoms with Crippen molar-refractivity contribution in [3.63, 3.8) is 0 Å². The molecule has 1 aliphatic rings. The molecule has 9 nitrogen and oxygen atoms in total. The lowest BCUT2D eigenvalue weighted by Gasteiger charge is -2.25. The average molecular weight is 684 g/mol. The standard InChI is InChI=1S/C41H53N3O6/c1-4-5-6-7-8-9-10-18-25-49-37(45)27-42-39(46)36(26-30-19-12-11-13-20-30)43-40(47)38(29(2)3)44-41(48)50-28-35-33-23-16-14-21-31(33)32-22-15-17-24-34(32)35/h11-17,19-24,29,35-36,38H,4-10,18,25-28H2,1-3H3,(H,42,46)(H,43,47)(H,44,48)/t36-,38-/m0/s1. The molecule has 0 aliphatic heterocycles. The van der Waals surface area contributed by atoms with Crippen LogP contribution in [-0.4, -0.2) is 55.7 Å². The number of ether oxygens (including phenoxy) is 2. The molecule has 4 rings (SSSR count). The number of esters is 1. The number of nitrogens with one attached hydrogen (secondary N) is 3. The van der Waals surface area contributed by atoms with Gasteiger partial charge in [0.05, 0.1) is 6.61 Å². The van der Waals surface area contributed by atoms with Crippen LogP contribution in [0.15, 0.2) is 78.9 Å². The summed E-state index contributed by atoms with van der Waals surface area (Å²) < 4.78 is 11.0. The summed E-state index contributed by atoms with van der Waals surface area (Å²) in [6.07, 6.45) is 8.58. The number of hydrogen-bond donors (Lipinski definition) is 3. The van der Waals surface area contributed by atoms with Crippen LogP contribution in [-0.2, 0) is 30.3 Å². The Balaban J connectivity index is 1.29. The number of carbonyl (C=O) groups is 4. The molecule has 50 heavy (non-hydrogen) atoms. The Labute approximate surface area is 296 Å². The Morgan fingerprint density at radius 3 is 1.88 bits per heavy atom. The van der Waals surface area contributed by atoms with E-state index in [1.165, 1.54) is 32.1 Å². The molecule has 268 valence electrons. The highest BCUT2D eigenvalue weighted by atomic mass is 16.5. The zero-order valence-corrected chi connectivity index (χ0v) is 29.7. The van der Waals surface area contributed by atoms with E-state index < -0.39 is 36.0 Å². The van der Waals surface area contributed by atoms with Crippen LogP contribution in [0.5, 0.6) is 0 Å². The predicted octanol–water partition coefficient (Wildman–Crippen LogP) is 7.08. The number of benzene rings is 3. The van der Waals surface area contributed by atoms with Gasteiger partial charge in [-0.15, -0.1) is 0 Å². The fourth-order valence-electron chi connectivity index (χ4n) is 6.38. The third kappa shape index (κ3) is 11.5. The summed E-state index contributed by atoms with van der Waals surface area (Å²) in [4.78, 5) is 52.4. The van der Waals surface area contributed by atoms with Gasteiger partial charge in [0, 0.05) is 12.3 Å². The first-order chi connectivity index (χ1) is 24.3. The summed E-state index contributed by atoms with van der Waals surface area (Å²) in [6.45, 7) is 5.94. The van der Waals surface area contributed by atoms with Crippen LogP contribution in [0.2, 0.25) is 0 Å². The van der Waals surface area contributed by atoms with Crippen molar-refractivity contribution < 1.29 is 28.7 Å². The van der Waals surface area contributed by atoms with Crippen molar-refractivity contribution in [2.45, 2.75) is 96.6 Å². The van der Waals surface area contributed by atoms with E-state index in [-0.39, 0.29) is 31.4 Å². The summed E-state index contributed by atoms with van der Waals surface area (Å²) in [6, 6.07) is 23.5. The fourth-order valence-corrected chi connectivity index (χ4v) is 6.38. The van der Waals surface area contributed by atoms with Crippen LogP contribution in [0, 0.1) is 5.92 Å². The Bertz CT molecular complexity index is 1500. The Morgan fingerprint density at radius 1 is 0.680 bits per heavy atom. The average Bonchev–Trinajstić information content (AvgIpc) is 3.44. The number of rotatable bonds is 20. The summed E-state index contributed by atoms with van der Waals surface area (Å²) >= 11 is 0. The molecular formula is C41H53N3O6. The highest BCUT2D eigenvalue weighted by molar-refractivity contribution is 5.92. The molecule has 3 amide bonds. The number of unbranched alkanes of at least 4 members (excludes halogenated alkanes) is 7. The Hall–Kier alpha value is -4.66. The van der Waals surface area contributed by atoms with Crippen LogP contribution in [0.4, 0.5) is 4.79 Å². The minimum absolute atomic E-state index is 0.112. The van der Waals surface area contributed by atoms with Crippen LogP contribution in [0.3, 0.4) is 0 Å². The van der Waals surface area contributed by atoms with Gasteiger partial charge in [0.1, 0.15) is 25.2 Å². The van der Waals surface area contributed by atoms with E-state index in [0.717, 1.165) is 47.1 Å². The van der Waals surface area contributed by atoms with Gasteiger partial charge in [0.25, 0.3) is 0 Å². The SMILES string of the molecule is CCCCCCCCCCOC(=O)CNC(=O)[C@H](Cc1ccccc1)NC(=O)[C@@H](NC(=O)OCC1c2ccccc2-c2ccccc21)C(C)C. The second kappa shape index (κ2) is 20.1. The van der Waals surface area contributed by atoms with E-state index in [0.29, 0.717) is 6.61 Å². The molecule has 0 spiro atoms. The normalized spacial score (nSPS) is 13.1. The largest absolute Gasteiger partial charge is 0.464 e. The molecule has 2 atom stereocenters. The lowest BCUT2D eigenvalue weighted by Crippen LogP contribution is -2.56. The lowest BCUT2D eigenvalue weighted by molar-refractivity contribution is -0.144. The molecule has 0 saturated carbocycles. The molecule has 0 unspecified atom stereocenters. The monoisotopic (exact) mass is 683 g/mol. The minimum Gasteiger partial charge on any atom is -0.464 e. The van der Waals surface area contributed by atoms with Gasteiger partial charge in [-0.25, -0.2) is 4.79 Å². The topological polar surface area (TPSA) is 123 Å². The Kier molecular flexibility index (Phi) is 15.3. The van der Waals surface area contributed by atoms with E-state index >= 15 is 0 Å². The van der Waals surface area contributed by atoms with Crippen molar-refractivity contribution in [2.24, 2.45) is 5.92 Å². The number of fused-ring (bicyclic) bond motifs is 3. The van der Waals surface area contributed by atoms with Gasteiger partial charge in [-0.3, -0.25) is 14.4 Å². The number of alkyl carbamates (subject to hydrolysis) is 1. The maximum Gasteiger partial charge on any atom is 0.407 e. The number of hydrogen-bond acceptors (Lipinski definition) is 6. The van der Waals surface area contributed by atoms with Crippen molar-refractivity contribution in [3.8, 4) is 11.1 Å². The molecule has 3 aromatic rings. The third-order valence-corrected chi connectivity index (χ3v) is 9.15. The van der Waals surface area contributed by atoms with Gasteiger partial charge in [-0.05, 0) is 40.2 Å². The van der Waals surface area contributed by atoms with Crippen LogP contribution < -0.4 is 16.0 Å². The molecule has 0 aromatic heterocycles. The third-order valence-electron chi connectivity index (χ3n) is 9.15. The maximum atomic E-state index is 13.6. The van der Waals surface area contributed by atoms with Gasteiger partial charge in [-0.2, -0.15) is 0 Å². The summed E-state index contributed by atoms with van der Waals surface area (Å²) in [5.41, 5.74) is 5.25. The first-order valence-corrected chi connectivity index (χ1v) is 18.2. The Morgan fingerprint density at radius 2 is 1.26 bits per heavy atom. The van der Waals surface area contributed by atoms with Crippen LogP contribution >= 0.6 is 0 Å². The van der Waals surface area contributed by atoms with Crippen molar-refractivity contribution >= 4 is 23.9 Å². The molecule has 0 saturated heterocycles. The molecule has 9 heteroatoms. The van der Waals surface area contributed by atoms with E-state index in [2.05, 4.69) is 35.0 Å². The first-order valence-electron chi connectivity index (χ1n) is 18.2. The second-order valence-electron chi connectivity index (χ2n) is 13.4. The molecule has 0 heterocycles. The van der Waals surface area contributed by atoms with Gasteiger partial charge in [-0.1, -0.05) is 145 Å². The molecule has 3 aromatic carbocycles. The van der Waals surface area contributed by atoms with Crippen LogP contribution in [0.1, 0.15) is 94.7 Å². The molecule has 1 aliphatic carbocycles. The maximum absolute atomic E-state index is 13.6. The van der Waals surface area contributed by atoms with E-state index in [9.17, 15) is 19.2 Å². The first kappa shape index (κ1) is 38.1. The highest BCUT2D eigenvalue weighted by Gasteiger charge is 2.32. The number of amides is 3.